The summed E-state index contributed by atoms with van der Waals surface area (Å²) in [6.07, 6.45) is 10.6. The molecule has 0 aromatic carbocycles. The monoisotopic (exact) mass is 357 g/mol. The SMILES string of the molecule is C=[N+](c1c(C#N)cnn1-c1nn2c(c1Cl)CCCC2)C1CCCCC1. The van der Waals surface area contributed by atoms with E-state index in [0.717, 1.165) is 44.3 Å². The molecule has 1 fully saturated rings. The number of rotatable bonds is 3. The van der Waals surface area contributed by atoms with Gasteiger partial charge in [-0.2, -0.15) is 5.26 Å². The van der Waals surface area contributed by atoms with Crippen molar-refractivity contribution in [3.05, 3.63) is 22.5 Å². The predicted molar refractivity (Wildman–Crippen MR) is 95.9 cm³/mol. The highest BCUT2D eigenvalue weighted by atomic mass is 35.5. The Bertz CT molecular complexity index is 850. The van der Waals surface area contributed by atoms with Crippen LogP contribution in [0.4, 0.5) is 5.82 Å². The van der Waals surface area contributed by atoms with Gasteiger partial charge in [-0.05, 0) is 44.9 Å². The van der Waals surface area contributed by atoms with Crippen molar-refractivity contribution in [2.24, 2.45) is 0 Å². The normalized spacial score (nSPS) is 17.9. The number of aromatic nitrogens is 4. The van der Waals surface area contributed by atoms with E-state index in [0.29, 0.717) is 28.3 Å². The highest BCUT2D eigenvalue weighted by molar-refractivity contribution is 6.32. The maximum Gasteiger partial charge on any atom is 0.328 e. The molecule has 0 atom stereocenters. The number of aryl methyl sites for hydroxylation is 1. The zero-order valence-corrected chi connectivity index (χ0v) is 15.0. The van der Waals surface area contributed by atoms with Crippen LogP contribution in [0.5, 0.6) is 0 Å². The molecule has 2 aromatic rings. The minimum atomic E-state index is 0.326. The Balaban J connectivity index is 1.79. The van der Waals surface area contributed by atoms with Gasteiger partial charge in [0.2, 0.25) is 0 Å². The van der Waals surface area contributed by atoms with Gasteiger partial charge in [0.15, 0.2) is 5.56 Å². The molecule has 0 saturated heterocycles. The van der Waals surface area contributed by atoms with Crippen LogP contribution in [0.2, 0.25) is 5.02 Å². The third kappa shape index (κ3) is 2.77. The van der Waals surface area contributed by atoms with Gasteiger partial charge in [-0.15, -0.1) is 5.10 Å². The van der Waals surface area contributed by atoms with Crippen molar-refractivity contribution in [2.45, 2.75) is 64.0 Å². The van der Waals surface area contributed by atoms with Crippen molar-refractivity contribution in [1.82, 2.24) is 19.6 Å². The molecule has 0 bridgehead atoms. The highest BCUT2D eigenvalue weighted by Crippen LogP contribution is 2.33. The van der Waals surface area contributed by atoms with Gasteiger partial charge >= 0.3 is 5.82 Å². The number of nitrogens with zero attached hydrogens (tertiary/aromatic N) is 6. The van der Waals surface area contributed by atoms with E-state index in [2.05, 4.69) is 23.0 Å². The highest BCUT2D eigenvalue weighted by Gasteiger charge is 2.33. The maximum absolute atomic E-state index is 9.54. The predicted octanol–water partition coefficient (Wildman–Crippen LogP) is 3.61. The fourth-order valence-corrected chi connectivity index (χ4v) is 4.30. The van der Waals surface area contributed by atoms with Crippen LogP contribution >= 0.6 is 11.6 Å². The summed E-state index contributed by atoms with van der Waals surface area (Å²) < 4.78 is 5.64. The molecule has 0 radical (unpaired) electrons. The Morgan fingerprint density at radius 3 is 2.76 bits per heavy atom. The molecular formula is C18H22ClN6+. The number of halogens is 1. The molecule has 7 heteroatoms. The Morgan fingerprint density at radius 1 is 1.24 bits per heavy atom. The second-order valence-electron chi connectivity index (χ2n) is 6.93. The molecule has 0 N–H and O–H groups in total. The van der Waals surface area contributed by atoms with Crippen LogP contribution in [0.3, 0.4) is 0 Å². The lowest BCUT2D eigenvalue weighted by Gasteiger charge is -2.21. The Morgan fingerprint density at radius 2 is 2.04 bits per heavy atom. The summed E-state index contributed by atoms with van der Waals surface area (Å²) in [7, 11) is 0. The molecule has 1 aliphatic carbocycles. The zero-order valence-electron chi connectivity index (χ0n) is 14.3. The van der Waals surface area contributed by atoms with Crippen LogP contribution in [0, 0.1) is 11.3 Å². The molecule has 2 aromatic heterocycles. The van der Waals surface area contributed by atoms with Gasteiger partial charge in [0.05, 0.1) is 18.6 Å². The molecule has 1 saturated carbocycles. The first kappa shape index (κ1) is 16.3. The van der Waals surface area contributed by atoms with E-state index >= 15 is 0 Å². The molecule has 6 nitrogen and oxygen atoms in total. The molecule has 1 aliphatic heterocycles. The summed E-state index contributed by atoms with van der Waals surface area (Å²) in [4.78, 5) is 0. The summed E-state index contributed by atoms with van der Waals surface area (Å²) in [6, 6.07) is 2.57. The summed E-state index contributed by atoms with van der Waals surface area (Å²) in [5.41, 5.74) is 1.58. The summed E-state index contributed by atoms with van der Waals surface area (Å²) in [5.74, 6) is 1.31. The van der Waals surface area contributed by atoms with Crippen LogP contribution in [0.25, 0.3) is 5.82 Å². The molecule has 3 heterocycles. The summed E-state index contributed by atoms with van der Waals surface area (Å²) in [5, 5.41) is 19.3. The van der Waals surface area contributed by atoms with Gasteiger partial charge in [-0.3, -0.25) is 4.68 Å². The standard InChI is InChI=1S/C18H22ClN6/c1-23(14-7-3-2-4-8-14)18-13(11-20)12-21-25(18)17-16(19)15-9-5-6-10-24(15)22-17/h12,14H,1-10H2/q+1. The van der Waals surface area contributed by atoms with Gasteiger partial charge in [0, 0.05) is 6.54 Å². The van der Waals surface area contributed by atoms with Crippen molar-refractivity contribution in [2.75, 3.05) is 0 Å². The molecule has 0 spiro atoms. The van der Waals surface area contributed by atoms with Gasteiger partial charge in [0.25, 0.3) is 5.82 Å². The Hall–Kier alpha value is -2.13. The molecule has 130 valence electrons. The molecule has 2 aliphatic rings. The molecule has 4 rings (SSSR count). The van der Waals surface area contributed by atoms with Crippen LogP contribution in [0.1, 0.15) is 56.2 Å². The lowest BCUT2D eigenvalue weighted by molar-refractivity contribution is -0.486. The van der Waals surface area contributed by atoms with Crippen LogP contribution in [0.15, 0.2) is 6.20 Å². The maximum atomic E-state index is 9.54. The number of hydrogen-bond donors (Lipinski definition) is 0. The van der Waals surface area contributed by atoms with E-state index in [1.807, 2.05) is 9.26 Å². The van der Waals surface area contributed by atoms with Gasteiger partial charge in [-0.25, -0.2) is 4.58 Å². The lowest BCUT2D eigenvalue weighted by atomic mass is 9.95. The third-order valence-corrected chi connectivity index (χ3v) is 5.75. The van der Waals surface area contributed by atoms with Crippen molar-refractivity contribution in [3.63, 3.8) is 0 Å². The largest absolute Gasteiger partial charge is 0.328 e. The van der Waals surface area contributed by atoms with E-state index in [4.69, 9.17) is 11.6 Å². The third-order valence-electron chi connectivity index (χ3n) is 5.36. The van der Waals surface area contributed by atoms with Crippen molar-refractivity contribution in [3.8, 4) is 11.9 Å². The quantitative estimate of drug-likeness (QED) is 0.622. The molecule has 0 unspecified atom stereocenters. The van der Waals surface area contributed by atoms with Crippen molar-refractivity contribution in [1.29, 1.82) is 5.26 Å². The summed E-state index contributed by atoms with van der Waals surface area (Å²) in [6.45, 7) is 5.14. The van der Waals surface area contributed by atoms with E-state index < -0.39 is 0 Å². The minimum Gasteiger partial charge on any atom is -0.264 e. The van der Waals surface area contributed by atoms with Gasteiger partial charge in [0.1, 0.15) is 17.1 Å². The zero-order chi connectivity index (χ0) is 17.4. The second kappa shape index (κ2) is 6.64. The lowest BCUT2D eigenvalue weighted by Crippen LogP contribution is -2.26. The van der Waals surface area contributed by atoms with E-state index in [9.17, 15) is 5.26 Å². The van der Waals surface area contributed by atoms with Crippen molar-refractivity contribution < 1.29 is 4.58 Å². The fourth-order valence-electron chi connectivity index (χ4n) is 3.99. The number of hydrogen-bond acceptors (Lipinski definition) is 3. The van der Waals surface area contributed by atoms with Crippen LogP contribution in [-0.2, 0) is 13.0 Å². The Kier molecular flexibility index (Phi) is 4.34. The van der Waals surface area contributed by atoms with Gasteiger partial charge < -0.3 is 0 Å². The average Bonchev–Trinajstić information content (AvgIpc) is 3.23. The van der Waals surface area contributed by atoms with E-state index in [1.54, 1.807) is 10.9 Å². The summed E-state index contributed by atoms with van der Waals surface area (Å²) >= 11 is 6.63. The second-order valence-corrected chi connectivity index (χ2v) is 7.31. The molecular weight excluding hydrogens is 336 g/mol. The Labute approximate surface area is 152 Å². The molecule has 25 heavy (non-hydrogen) atoms. The van der Waals surface area contributed by atoms with Crippen molar-refractivity contribution >= 4 is 24.1 Å². The van der Waals surface area contributed by atoms with Crippen LogP contribution < -0.4 is 0 Å². The molecule has 0 amide bonds. The topological polar surface area (TPSA) is 62.4 Å². The first-order chi connectivity index (χ1) is 12.2. The fraction of sp³-hybridized carbons (Fsp3) is 0.556. The van der Waals surface area contributed by atoms with E-state index in [-0.39, 0.29) is 0 Å². The number of nitriles is 1. The van der Waals surface area contributed by atoms with E-state index in [1.165, 1.54) is 19.3 Å². The first-order valence-corrected chi connectivity index (χ1v) is 9.42. The van der Waals surface area contributed by atoms with Gasteiger partial charge in [-0.1, -0.05) is 27.8 Å². The number of fused-ring (bicyclic) bond motifs is 1. The average molecular weight is 358 g/mol. The minimum absolute atomic E-state index is 0.326. The van der Waals surface area contributed by atoms with Crippen LogP contribution in [-0.4, -0.2) is 36.9 Å². The smallest absolute Gasteiger partial charge is 0.264 e. The first-order valence-electron chi connectivity index (χ1n) is 9.04.